The molecule has 0 radical (unpaired) electrons. The van der Waals surface area contributed by atoms with Crippen LogP contribution >= 0.6 is 0 Å². The van der Waals surface area contributed by atoms with Crippen molar-refractivity contribution in [2.45, 2.75) is 39.0 Å². The number of ketones is 1. The van der Waals surface area contributed by atoms with Gasteiger partial charge in [0.15, 0.2) is 17.7 Å². The van der Waals surface area contributed by atoms with Gasteiger partial charge >= 0.3 is 11.9 Å². The summed E-state index contributed by atoms with van der Waals surface area (Å²) >= 11 is 0. The third kappa shape index (κ3) is 4.05. The molecule has 2 aromatic rings. The van der Waals surface area contributed by atoms with Crippen molar-refractivity contribution < 1.29 is 33.0 Å². The van der Waals surface area contributed by atoms with Crippen LogP contribution in [0.1, 0.15) is 59.7 Å². The number of carbonyl (C=O) groups excluding carboxylic acids is 3. The highest BCUT2D eigenvalue weighted by atomic mass is 16.6. The molecule has 0 spiro atoms. The van der Waals surface area contributed by atoms with E-state index >= 15 is 0 Å². The number of esters is 2. The first-order valence-corrected chi connectivity index (χ1v) is 8.50. The first-order valence-electron chi connectivity index (χ1n) is 8.50. The molecule has 3 heterocycles. The SMILES string of the molecule is CCOC(=O)c1nnn([C@H]2CC[C@@H](COC(C)=O)O2)c1C(=O)c1ccco1. The fourth-order valence-corrected chi connectivity index (χ4v) is 2.77. The fraction of sp³-hybridized carbons (Fsp3) is 0.471. The molecule has 10 nitrogen and oxygen atoms in total. The Morgan fingerprint density at radius 2 is 2.11 bits per heavy atom. The summed E-state index contributed by atoms with van der Waals surface area (Å²) in [7, 11) is 0. The van der Waals surface area contributed by atoms with Gasteiger partial charge in [0.2, 0.25) is 11.5 Å². The lowest BCUT2D eigenvalue weighted by molar-refractivity contribution is -0.145. The van der Waals surface area contributed by atoms with Crippen molar-refractivity contribution in [3.8, 4) is 0 Å². The molecular formula is C17H19N3O7. The van der Waals surface area contributed by atoms with Crippen LogP contribution < -0.4 is 0 Å². The minimum absolute atomic E-state index is 0.0403. The normalized spacial score (nSPS) is 19.0. The Bertz CT molecular complexity index is 828. The summed E-state index contributed by atoms with van der Waals surface area (Å²) in [5.74, 6) is -1.67. The molecule has 1 aliphatic rings. The van der Waals surface area contributed by atoms with Gasteiger partial charge in [-0.05, 0) is 31.9 Å². The minimum atomic E-state index is -0.756. The first-order chi connectivity index (χ1) is 13.0. The Morgan fingerprint density at radius 3 is 2.78 bits per heavy atom. The predicted molar refractivity (Wildman–Crippen MR) is 87.9 cm³/mol. The highest BCUT2D eigenvalue weighted by molar-refractivity contribution is 6.11. The number of hydrogen-bond acceptors (Lipinski definition) is 9. The van der Waals surface area contributed by atoms with Gasteiger partial charge in [-0.15, -0.1) is 5.10 Å². The van der Waals surface area contributed by atoms with Crippen LogP contribution in [0.5, 0.6) is 0 Å². The largest absolute Gasteiger partial charge is 0.463 e. The van der Waals surface area contributed by atoms with Crippen molar-refractivity contribution in [2.75, 3.05) is 13.2 Å². The van der Waals surface area contributed by atoms with E-state index in [0.29, 0.717) is 12.8 Å². The van der Waals surface area contributed by atoms with E-state index in [1.54, 1.807) is 13.0 Å². The van der Waals surface area contributed by atoms with Gasteiger partial charge in [-0.1, -0.05) is 5.21 Å². The zero-order valence-electron chi connectivity index (χ0n) is 14.9. The number of carbonyl (C=O) groups is 3. The van der Waals surface area contributed by atoms with Gasteiger partial charge in [-0.3, -0.25) is 9.59 Å². The molecular weight excluding hydrogens is 358 g/mol. The molecule has 3 rings (SSSR count). The second-order valence-corrected chi connectivity index (χ2v) is 5.85. The highest BCUT2D eigenvalue weighted by Crippen LogP contribution is 2.30. The molecule has 1 fully saturated rings. The van der Waals surface area contributed by atoms with E-state index in [-0.39, 0.29) is 36.5 Å². The molecule has 144 valence electrons. The number of hydrogen-bond donors (Lipinski definition) is 0. The lowest BCUT2D eigenvalue weighted by atomic mass is 10.1. The lowest BCUT2D eigenvalue weighted by Gasteiger charge is -2.15. The smallest absolute Gasteiger partial charge is 0.361 e. The first kappa shape index (κ1) is 18.8. The highest BCUT2D eigenvalue weighted by Gasteiger charge is 2.35. The Kier molecular flexibility index (Phi) is 5.65. The van der Waals surface area contributed by atoms with Crippen LogP contribution in [0, 0.1) is 0 Å². The second kappa shape index (κ2) is 8.12. The summed E-state index contributed by atoms with van der Waals surface area (Å²) in [5, 5.41) is 7.75. The number of ether oxygens (including phenoxy) is 3. The average molecular weight is 377 g/mol. The second-order valence-electron chi connectivity index (χ2n) is 5.85. The van der Waals surface area contributed by atoms with Gasteiger partial charge in [0.25, 0.3) is 0 Å². The maximum absolute atomic E-state index is 12.8. The Morgan fingerprint density at radius 1 is 1.30 bits per heavy atom. The van der Waals surface area contributed by atoms with Crippen molar-refractivity contribution in [1.82, 2.24) is 15.0 Å². The molecule has 0 amide bonds. The number of nitrogens with zero attached hydrogens (tertiary/aromatic N) is 3. The topological polar surface area (TPSA) is 123 Å². The molecule has 0 aromatic carbocycles. The summed E-state index contributed by atoms with van der Waals surface area (Å²) in [5.41, 5.74) is -0.271. The fourth-order valence-electron chi connectivity index (χ4n) is 2.77. The van der Waals surface area contributed by atoms with Crippen LogP contribution in [-0.4, -0.2) is 52.0 Å². The standard InChI is InChI=1S/C17H19N3O7/c1-3-24-17(23)14-15(16(22)12-5-4-8-25-12)20(19-18-14)13-7-6-11(27-13)9-26-10(2)21/h4-5,8,11,13H,3,6-7,9H2,1-2H3/t11-,13+/m0/s1. The molecule has 0 N–H and O–H groups in total. The third-order valence-electron chi connectivity index (χ3n) is 3.95. The average Bonchev–Trinajstić information content (AvgIpc) is 3.39. The molecule has 2 aromatic heterocycles. The number of furan rings is 1. The molecule has 2 atom stereocenters. The molecule has 27 heavy (non-hydrogen) atoms. The van der Waals surface area contributed by atoms with Gasteiger partial charge in [0, 0.05) is 6.92 Å². The van der Waals surface area contributed by atoms with E-state index in [1.807, 2.05) is 0 Å². The zero-order valence-corrected chi connectivity index (χ0v) is 14.9. The minimum Gasteiger partial charge on any atom is -0.463 e. The molecule has 1 aliphatic heterocycles. The van der Waals surface area contributed by atoms with Gasteiger partial charge < -0.3 is 18.6 Å². The monoisotopic (exact) mass is 377 g/mol. The lowest BCUT2D eigenvalue weighted by Crippen LogP contribution is -2.22. The maximum Gasteiger partial charge on any atom is 0.361 e. The van der Waals surface area contributed by atoms with Crippen LogP contribution in [0.25, 0.3) is 0 Å². The van der Waals surface area contributed by atoms with Crippen LogP contribution in [0.4, 0.5) is 0 Å². The van der Waals surface area contributed by atoms with Gasteiger partial charge in [0.1, 0.15) is 6.61 Å². The molecule has 10 heteroatoms. The van der Waals surface area contributed by atoms with Gasteiger partial charge in [-0.2, -0.15) is 0 Å². The zero-order chi connectivity index (χ0) is 19.4. The van der Waals surface area contributed by atoms with Gasteiger partial charge in [0.05, 0.1) is 19.0 Å². The van der Waals surface area contributed by atoms with E-state index in [9.17, 15) is 14.4 Å². The molecule has 0 aliphatic carbocycles. The van der Waals surface area contributed by atoms with E-state index in [4.69, 9.17) is 18.6 Å². The molecule has 0 saturated carbocycles. The van der Waals surface area contributed by atoms with Crippen molar-refractivity contribution in [3.63, 3.8) is 0 Å². The summed E-state index contributed by atoms with van der Waals surface area (Å²) in [6.07, 6.45) is 1.50. The van der Waals surface area contributed by atoms with Crippen molar-refractivity contribution >= 4 is 17.7 Å². The number of aromatic nitrogens is 3. The van der Waals surface area contributed by atoms with Gasteiger partial charge in [-0.25, -0.2) is 9.48 Å². The van der Waals surface area contributed by atoms with Crippen molar-refractivity contribution in [1.29, 1.82) is 0 Å². The summed E-state index contributed by atoms with van der Waals surface area (Å²) in [6.45, 7) is 3.20. The van der Waals surface area contributed by atoms with Crippen molar-refractivity contribution in [3.05, 3.63) is 35.5 Å². The predicted octanol–water partition coefficient (Wildman–Crippen LogP) is 1.52. The van der Waals surface area contributed by atoms with Crippen LogP contribution in [0.2, 0.25) is 0 Å². The van der Waals surface area contributed by atoms with E-state index in [1.165, 1.54) is 23.9 Å². The van der Waals surface area contributed by atoms with Crippen molar-refractivity contribution in [2.24, 2.45) is 0 Å². The summed E-state index contributed by atoms with van der Waals surface area (Å²) in [6, 6.07) is 3.04. The quantitative estimate of drug-likeness (QED) is 0.522. The summed E-state index contributed by atoms with van der Waals surface area (Å²) in [4.78, 5) is 36.0. The summed E-state index contributed by atoms with van der Waals surface area (Å²) < 4.78 is 22.1. The number of rotatable bonds is 7. The van der Waals surface area contributed by atoms with E-state index < -0.39 is 23.9 Å². The van der Waals surface area contributed by atoms with E-state index in [2.05, 4.69) is 10.3 Å². The Labute approximate surface area is 154 Å². The van der Waals surface area contributed by atoms with E-state index in [0.717, 1.165) is 0 Å². The third-order valence-corrected chi connectivity index (χ3v) is 3.95. The molecule has 1 saturated heterocycles. The molecule has 0 bridgehead atoms. The van der Waals surface area contributed by atoms with Crippen LogP contribution in [0.15, 0.2) is 22.8 Å². The molecule has 0 unspecified atom stereocenters. The van der Waals surface area contributed by atoms with Crippen LogP contribution in [-0.2, 0) is 19.0 Å². The van der Waals surface area contributed by atoms with Crippen LogP contribution in [0.3, 0.4) is 0 Å². The Balaban J connectivity index is 1.88. The maximum atomic E-state index is 12.8. The Hall–Kier alpha value is -3.01.